The van der Waals surface area contributed by atoms with Gasteiger partial charge in [-0.05, 0) is 74.1 Å². The summed E-state index contributed by atoms with van der Waals surface area (Å²) >= 11 is 14.1. The third-order valence-electron chi connectivity index (χ3n) is 11.3. The normalized spacial score (nSPS) is 16.7. The number of ether oxygens (including phenoxy) is 1. The third-order valence-corrected chi connectivity index (χ3v) is 16.6. The van der Waals surface area contributed by atoms with E-state index in [9.17, 15) is 9.90 Å². The van der Waals surface area contributed by atoms with Gasteiger partial charge in [-0.3, -0.25) is 19.6 Å². The van der Waals surface area contributed by atoms with Crippen LogP contribution in [0.4, 0.5) is 5.69 Å². The lowest BCUT2D eigenvalue weighted by Gasteiger charge is -2.37. The first kappa shape index (κ1) is 40.2. The highest BCUT2D eigenvalue weighted by molar-refractivity contribution is 6.74. The van der Waals surface area contributed by atoms with Crippen molar-refractivity contribution in [2.24, 2.45) is 0 Å². The Labute approximate surface area is 330 Å². The number of hydrogen-bond donors (Lipinski definition) is 2. The largest absolute Gasteiger partial charge is 0.480 e. The van der Waals surface area contributed by atoms with Crippen LogP contribution in [0.2, 0.25) is 28.2 Å². The number of rotatable bonds is 12. The van der Waals surface area contributed by atoms with Crippen molar-refractivity contribution >= 4 is 43.1 Å². The Balaban J connectivity index is 1.18. The number of benzene rings is 2. The van der Waals surface area contributed by atoms with Crippen LogP contribution in [0.25, 0.3) is 22.4 Å². The van der Waals surface area contributed by atoms with Crippen LogP contribution in [0.5, 0.6) is 5.88 Å². The molecule has 1 atom stereocenters. The number of nitrogens with one attached hydrogen (secondary N) is 1. The molecule has 2 N–H and O–H groups in total. The number of methoxy groups -OCH3 is 1. The lowest BCUT2D eigenvalue weighted by molar-refractivity contribution is 0.102. The highest BCUT2D eigenvalue weighted by atomic mass is 35.5. The summed E-state index contributed by atoms with van der Waals surface area (Å²) in [5, 5.41) is 13.7. The van der Waals surface area contributed by atoms with E-state index in [2.05, 4.69) is 49.0 Å². The summed E-state index contributed by atoms with van der Waals surface area (Å²) in [6.07, 6.45) is 4.57. The number of amides is 1. The van der Waals surface area contributed by atoms with Gasteiger partial charge in [-0.25, -0.2) is 9.97 Å². The molecule has 2 aliphatic rings. The van der Waals surface area contributed by atoms with E-state index in [1.807, 2.05) is 43.3 Å². The Morgan fingerprint density at radius 1 is 1.06 bits per heavy atom. The van der Waals surface area contributed by atoms with Crippen molar-refractivity contribution in [3.63, 3.8) is 0 Å². The first-order chi connectivity index (χ1) is 25.7. The number of nitrogens with zero attached hydrogens (tertiary/aromatic N) is 5. The highest BCUT2D eigenvalue weighted by Gasteiger charge is 2.37. The van der Waals surface area contributed by atoms with E-state index in [4.69, 9.17) is 47.3 Å². The van der Waals surface area contributed by atoms with E-state index >= 15 is 0 Å². The number of carbonyl (C=O) groups excluding carboxylic acids is 1. The number of aliphatic hydroxyl groups excluding tert-OH is 1. The number of aryl methyl sites for hydroxylation is 1. The molecule has 1 fully saturated rings. The highest BCUT2D eigenvalue weighted by Crippen LogP contribution is 2.42. The molecule has 6 rings (SSSR count). The van der Waals surface area contributed by atoms with Crippen molar-refractivity contribution in [2.75, 3.05) is 45.3 Å². The number of aromatic nitrogens is 3. The molecular formula is C41H52Cl2N6O4Si. The van der Waals surface area contributed by atoms with Crippen LogP contribution >= 0.6 is 23.2 Å². The van der Waals surface area contributed by atoms with E-state index in [1.165, 1.54) is 5.56 Å². The zero-order valence-corrected chi connectivity index (χ0v) is 34.9. The molecule has 0 aliphatic carbocycles. The molecule has 288 valence electrons. The summed E-state index contributed by atoms with van der Waals surface area (Å²) in [5.41, 5.74) is 7.27. The Bertz CT molecular complexity index is 2010. The van der Waals surface area contributed by atoms with Crippen molar-refractivity contribution in [3.8, 4) is 28.3 Å². The Morgan fingerprint density at radius 2 is 1.78 bits per heavy atom. The van der Waals surface area contributed by atoms with Crippen LogP contribution in [0.1, 0.15) is 66.6 Å². The minimum atomic E-state index is -1.83. The first-order valence-electron chi connectivity index (χ1n) is 18.7. The number of likely N-dealkylation sites (tertiary alicyclic amines) is 1. The smallest absolute Gasteiger partial charge is 0.274 e. The van der Waals surface area contributed by atoms with Gasteiger partial charge in [-0.2, -0.15) is 0 Å². The number of anilines is 1. The van der Waals surface area contributed by atoms with E-state index in [0.717, 1.165) is 50.2 Å². The number of fused-ring (bicyclic) bond motifs is 1. The van der Waals surface area contributed by atoms with Gasteiger partial charge in [0.25, 0.3) is 5.91 Å². The fraction of sp³-hybridized carbons (Fsp3) is 0.463. The number of aliphatic hydroxyl groups is 1. The molecular weight excluding hydrogens is 739 g/mol. The monoisotopic (exact) mass is 790 g/mol. The van der Waals surface area contributed by atoms with Gasteiger partial charge < -0.3 is 19.6 Å². The summed E-state index contributed by atoms with van der Waals surface area (Å²) in [5.74, 6) is 0.0783. The lowest BCUT2D eigenvalue weighted by Crippen LogP contribution is -2.43. The summed E-state index contributed by atoms with van der Waals surface area (Å²) in [6.45, 7) is 18.0. The summed E-state index contributed by atoms with van der Waals surface area (Å²) in [6, 6.07) is 13.1. The van der Waals surface area contributed by atoms with E-state index < -0.39 is 8.32 Å². The van der Waals surface area contributed by atoms with Gasteiger partial charge in [-0.1, -0.05) is 74.3 Å². The van der Waals surface area contributed by atoms with Crippen molar-refractivity contribution < 1.29 is 19.1 Å². The second-order valence-corrected chi connectivity index (χ2v) is 21.4. The molecule has 2 aromatic heterocycles. The molecule has 0 spiro atoms. The molecule has 10 nitrogen and oxygen atoms in total. The maximum Gasteiger partial charge on any atom is 0.274 e. The van der Waals surface area contributed by atoms with Crippen molar-refractivity contribution in [1.82, 2.24) is 24.8 Å². The molecule has 2 aliphatic heterocycles. The van der Waals surface area contributed by atoms with Gasteiger partial charge in [0.15, 0.2) is 8.32 Å². The maximum atomic E-state index is 13.7. The molecule has 0 saturated carbocycles. The fourth-order valence-corrected chi connectivity index (χ4v) is 8.65. The maximum absolute atomic E-state index is 13.7. The van der Waals surface area contributed by atoms with Gasteiger partial charge in [0.2, 0.25) is 5.88 Å². The molecule has 2 aromatic carbocycles. The summed E-state index contributed by atoms with van der Waals surface area (Å²) in [7, 11) is -0.253. The topological polar surface area (TPSA) is 113 Å². The van der Waals surface area contributed by atoms with Crippen LogP contribution in [-0.4, -0.2) is 90.1 Å². The van der Waals surface area contributed by atoms with Crippen LogP contribution < -0.4 is 10.1 Å². The minimum absolute atomic E-state index is 0.111. The lowest BCUT2D eigenvalue weighted by atomic mass is 9.98. The second-order valence-electron chi connectivity index (χ2n) is 15.8. The molecule has 54 heavy (non-hydrogen) atoms. The summed E-state index contributed by atoms with van der Waals surface area (Å²) in [4.78, 5) is 32.6. The Hall–Kier alpha value is -3.42. The standard InChI is InChI=1S/C41H52Cl2N6O4Si/c1-26-21-33(45-35-23-48(18-16-28(26)35)19-20-53-54(6,7)41(2,3)4)39(51)46-32-15-9-13-30(38(32)43)29-12-8-14-31(37(29)42)34-22-44-36(40(47-34)52-5)24-49-17-10-11-27(49)25-50/h8-9,12-15,21-22,27,50H,10-11,16-20,23-25H2,1-7H3,(H,46,51). The Kier molecular flexibility index (Phi) is 12.5. The Morgan fingerprint density at radius 3 is 2.50 bits per heavy atom. The van der Waals surface area contributed by atoms with Crippen LogP contribution in [0.15, 0.2) is 48.7 Å². The molecule has 1 amide bonds. The van der Waals surface area contributed by atoms with Gasteiger partial charge in [0.1, 0.15) is 11.4 Å². The third kappa shape index (κ3) is 8.68. The van der Waals surface area contributed by atoms with Crippen LogP contribution in [0.3, 0.4) is 0 Å². The van der Waals surface area contributed by atoms with Crippen LogP contribution in [-0.2, 0) is 23.9 Å². The number of hydrogen-bond acceptors (Lipinski definition) is 9. The zero-order chi connectivity index (χ0) is 38.8. The first-order valence-corrected chi connectivity index (χ1v) is 22.4. The molecule has 0 bridgehead atoms. The van der Waals surface area contributed by atoms with Gasteiger partial charge >= 0.3 is 0 Å². The van der Waals surface area contributed by atoms with Crippen LogP contribution in [0, 0.1) is 6.92 Å². The molecule has 4 aromatic rings. The predicted molar refractivity (Wildman–Crippen MR) is 219 cm³/mol. The van der Waals surface area contributed by atoms with Crippen molar-refractivity contribution in [2.45, 2.75) is 84.2 Å². The SMILES string of the molecule is COc1nc(-c2cccc(-c3cccc(NC(=O)c4cc(C)c5c(n4)CN(CCO[Si](C)(C)C(C)(C)C)CC5)c3Cl)c2Cl)cnc1CN1CCCC1CO. The average molecular weight is 792 g/mol. The molecule has 4 heterocycles. The second kappa shape index (κ2) is 16.7. The van der Waals surface area contributed by atoms with Gasteiger partial charge in [0.05, 0.1) is 47.0 Å². The summed E-state index contributed by atoms with van der Waals surface area (Å²) < 4.78 is 12.1. The molecule has 13 heteroatoms. The molecule has 1 unspecified atom stereocenters. The average Bonchev–Trinajstić information content (AvgIpc) is 3.59. The molecule has 1 saturated heterocycles. The van der Waals surface area contributed by atoms with E-state index in [0.29, 0.717) is 75.1 Å². The minimum Gasteiger partial charge on any atom is -0.480 e. The van der Waals surface area contributed by atoms with Gasteiger partial charge in [0, 0.05) is 55.5 Å². The zero-order valence-electron chi connectivity index (χ0n) is 32.4. The van der Waals surface area contributed by atoms with E-state index in [-0.39, 0.29) is 23.6 Å². The predicted octanol–water partition coefficient (Wildman–Crippen LogP) is 8.42. The van der Waals surface area contributed by atoms with E-state index in [1.54, 1.807) is 19.4 Å². The fourth-order valence-electron chi connectivity index (χ4n) is 7.01. The number of carbonyl (C=O) groups is 1. The molecule has 0 radical (unpaired) electrons. The van der Waals surface area contributed by atoms with Crippen molar-refractivity contribution in [1.29, 1.82) is 0 Å². The van der Waals surface area contributed by atoms with Crippen molar-refractivity contribution in [3.05, 3.63) is 86.9 Å². The quantitative estimate of drug-likeness (QED) is 0.137. The number of halogens is 2. The number of pyridine rings is 1. The van der Waals surface area contributed by atoms with Gasteiger partial charge in [-0.15, -0.1) is 0 Å².